The summed E-state index contributed by atoms with van der Waals surface area (Å²) in [5, 5.41) is 15.2. The predicted octanol–water partition coefficient (Wildman–Crippen LogP) is 0.294. The van der Waals surface area contributed by atoms with Crippen molar-refractivity contribution in [3.05, 3.63) is 59.7 Å². The van der Waals surface area contributed by atoms with E-state index in [1.807, 2.05) is 36.4 Å². The van der Waals surface area contributed by atoms with E-state index < -0.39 is 0 Å². The maximum Gasteiger partial charge on any atom is 1.00 e. The normalized spacial score (nSPS) is 11.8. The fraction of sp³-hybridized carbons (Fsp3) is 0.0556. The molecular weight excluding hydrogens is 367 g/mol. The van der Waals surface area contributed by atoms with Crippen molar-refractivity contribution < 1.29 is 75.5 Å². The van der Waals surface area contributed by atoms with Crippen LogP contribution in [-0.2, 0) is 9.37 Å². The van der Waals surface area contributed by atoms with Crippen molar-refractivity contribution in [1.29, 1.82) is 0 Å². The van der Waals surface area contributed by atoms with Crippen LogP contribution >= 0.6 is 12.0 Å². The van der Waals surface area contributed by atoms with Crippen LogP contribution in [0.15, 0.2) is 53.4 Å². The van der Waals surface area contributed by atoms with Crippen LogP contribution in [0.2, 0.25) is 0 Å². The van der Waals surface area contributed by atoms with E-state index in [2.05, 4.69) is 9.37 Å². The van der Waals surface area contributed by atoms with Gasteiger partial charge in [-0.15, -0.1) is 0 Å². The molecule has 0 saturated heterocycles. The molecule has 0 radical (unpaired) electrons. The number of carbonyl (C=O) groups is 1. The third kappa shape index (κ3) is 3.21. The first-order valence-corrected chi connectivity index (χ1v) is 7.90. The van der Waals surface area contributed by atoms with Crippen LogP contribution in [0.25, 0.3) is 21.9 Å². The summed E-state index contributed by atoms with van der Waals surface area (Å²) < 4.78 is 9.75. The van der Waals surface area contributed by atoms with Crippen molar-refractivity contribution in [2.45, 2.75) is 4.90 Å². The van der Waals surface area contributed by atoms with Crippen molar-refractivity contribution >= 4 is 28.6 Å². The summed E-state index contributed by atoms with van der Waals surface area (Å²) in [7, 11) is 1.62. The van der Waals surface area contributed by atoms with Gasteiger partial charge in [-0.05, 0) is 29.3 Å². The van der Waals surface area contributed by atoms with Gasteiger partial charge in [0.2, 0.25) is 0 Å². The van der Waals surface area contributed by atoms with Crippen LogP contribution in [0.4, 0.5) is 0 Å². The average molecular weight is 378 g/mol. The van der Waals surface area contributed by atoms with Crippen molar-refractivity contribution in [2.24, 2.45) is 0 Å². The van der Waals surface area contributed by atoms with Gasteiger partial charge in [0, 0.05) is 26.8 Å². The minimum Gasteiger partial charge on any atom is -0.691 e. The smallest absolute Gasteiger partial charge is 0.691 e. The molecule has 120 valence electrons. The molecule has 0 saturated carbocycles. The van der Waals surface area contributed by atoms with Gasteiger partial charge in [-0.25, -0.2) is 0 Å². The van der Waals surface area contributed by atoms with Crippen LogP contribution in [0.1, 0.15) is 15.9 Å². The number of benzene rings is 3. The Morgan fingerprint density at radius 1 is 0.960 bits per heavy atom. The molecule has 7 heteroatoms. The van der Waals surface area contributed by atoms with E-state index in [0.29, 0.717) is 16.0 Å². The van der Waals surface area contributed by atoms with Crippen LogP contribution in [0, 0.1) is 0 Å². The van der Waals surface area contributed by atoms with Crippen LogP contribution < -0.4 is 61.4 Å². The molecule has 0 aromatic heterocycles. The number of rotatable bonds is 4. The molecule has 0 aliphatic heterocycles. The Balaban J connectivity index is 0.00000182. The summed E-state index contributed by atoms with van der Waals surface area (Å²) in [5.41, 5.74) is 3.03. The predicted molar refractivity (Wildman–Crippen MR) is 87.4 cm³/mol. The molecule has 3 aromatic carbocycles. The van der Waals surface area contributed by atoms with Gasteiger partial charge in [-0.3, -0.25) is 9.83 Å². The number of methoxy groups -OCH3 is 1. The first-order valence-electron chi connectivity index (χ1n) is 7.16. The average Bonchev–Trinajstić information content (AvgIpc) is 2.63. The summed E-state index contributed by atoms with van der Waals surface area (Å²) >= 11 is 0.768. The Morgan fingerprint density at radius 3 is 2.52 bits per heavy atom. The summed E-state index contributed by atoms with van der Waals surface area (Å²) in [6.45, 7) is 0. The maximum absolute atomic E-state index is 12.9. The summed E-state index contributed by atoms with van der Waals surface area (Å²) in [5.74, 6) is 0.668. The molecule has 0 bridgehead atoms. The zero-order chi connectivity index (χ0) is 16.7. The molecule has 4 rings (SSSR count). The number of hydrogen-bond donors (Lipinski definition) is 0. The summed E-state index contributed by atoms with van der Waals surface area (Å²) in [6, 6.07) is 14.8. The molecule has 1 aliphatic rings. The molecule has 0 amide bonds. The second kappa shape index (κ2) is 7.87. The van der Waals surface area contributed by atoms with E-state index in [9.17, 15) is 10.1 Å². The Labute approximate surface area is 190 Å². The summed E-state index contributed by atoms with van der Waals surface area (Å²) in [6.07, 6.45) is 0. The molecule has 0 fully saturated rings. The second-order valence-corrected chi connectivity index (χ2v) is 6.07. The molecule has 3 aromatic rings. The van der Waals surface area contributed by atoms with Gasteiger partial charge in [-0.2, -0.15) is 4.33 Å². The van der Waals surface area contributed by atoms with E-state index in [1.165, 1.54) is 0 Å². The van der Waals surface area contributed by atoms with E-state index in [0.717, 1.165) is 39.7 Å². The second-order valence-electron chi connectivity index (χ2n) is 5.30. The SMILES string of the molecule is COc1ccc2c3c(cccc13)C(=O)c1cc(SOO[O-])ccc1-2.[K+]. The van der Waals surface area contributed by atoms with Crippen LogP contribution in [0.5, 0.6) is 5.75 Å². The van der Waals surface area contributed by atoms with Crippen molar-refractivity contribution in [3.8, 4) is 16.9 Å². The minimum absolute atomic E-state index is 0. The van der Waals surface area contributed by atoms with Crippen molar-refractivity contribution in [2.75, 3.05) is 7.11 Å². The van der Waals surface area contributed by atoms with Gasteiger partial charge >= 0.3 is 51.4 Å². The standard InChI is InChI=1S/C18H12O5S.K/c1-21-16-8-7-12-11-6-5-10(24-23-22-20)9-15(11)18(19)14-4-2-3-13(16)17(12)14;/h2-9,20H,1H3;/q;+1/p-1. The first kappa shape index (κ1) is 19.0. The fourth-order valence-corrected chi connectivity index (χ4v) is 3.56. The first-order chi connectivity index (χ1) is 11.7. The molecule has 5 nitrogen and oxygen atoms in total. The zero-order valence-electron chi connectivity index (χ0n) is 13.6. The Hall–Kier alpha value is -0.744. The minimum atomic E-state index is -0.0677. The number of ketones is 1. The molecule has 0 atom stereocenters. The number of hydrogen-bond acceptors (Lipinski definition) is 6. The van der Waals surface area contributed by atoms with Crippen LogP contribution in [0.3, 0.4) is 0 Å². The van der Waals surface area contributed by atoms with Crippen molar-refractivity contribution in [3.63, 3.8) is 0 Å². The van der Waals surface area contributed by atoms with Gasteiger partial charge in [0.1, 0.15) is 5.75 Å². The molecular formula is C18H11KO5S. The Bertz CT molecular complexity index is 973. The van der Waals surface area contributed by atoms with Crippen molar-refractivity contribution in [1.82, 2.24) is 0 Å². The van der Waals surface area contributed by atoms with Gasteiger partial charge in [0.15, 0.2) is 5.78 Å². The quantitative estimate of drug-likeness (QED) is 0.220. The fourth-order valence-electron chi connectivity index (χ4n) is 3.17. The van der Waals surface area contributed by atoms with Gasteiger partial charge in [0.25, 0.3) is 0 Å². The van der Waals surface area contributed by atoms with Crippen LogP contribution in [-0.4, -0.2) is 12.9 Å². The van der Waals surface area contributed by atoms with Gasteiger partial charge in [0.05, 0.1) is 19.2 Å². The number of ether oxygens (including phenoxy) is 1. The number of fused-ring (bicyclic) bond motifs is 2. The Morgan fingerprint density at radius 2 is 1.76 bits per heavy atom. The summed E-state index contributed by atoms with van der Waals surface area (Å²) in [4.78, 5) is 13.5. The molecule has 0 unspecified atom stereocenters. The molecule has 0 spiro atoms. The molecule has 25 heavy (non-hydrogen) atoms. The third-order valence-electron chi connectivity index (χ3n) is 4.15. The molecule has 0 heterocycles. The van der Waals surface area contributed by atoms with Gasteiger partial charge in [-0.1, -0.05) is 30.3 Å². The zero-order valence-corrected chi connectivity index (χ0v) is 17.5. The Kier molecular flexibility index (Phi) is 5.99. The van der Waals surface area contributed by atoms with E-state index >= 15 is 0 Å². The topological polar surface area (TPSA) is 67.8 Å². The van der Waals surface area contributed by atoms with E-state index in [-0.39, 0.29) is 57.2 Å². The molecule has 0 N–H and O–H groups in total. The largest absolute Gasteiger partial charge is 1.00 e. The van der Waals surface area contributed by atoms with Gasteiger partial charge < -0.3 is 9.99 Å². The number of carbonyl (C=O) groups excluding carboxylic acids is 1. The molecule has 1 aliphatic carbocycles. The third-order valence-corrected chi connectivity index (χ3v) is 4.72. The van der Waals surface area contributed by atoms with E-state index in [1.54, 1.807) is 19.2 Å². The maximum atomic E-state index is 12.9. The monoisotopic (exact) mass is 378 g/mol. The van der Waals surface area contributed by atoms with E-state index in [4.69, 9.17) is 4.74 Å².